The highest BCUT2D eigenvalue weighted by atomic mass is 16.5. The van der Waals surface area contributed by atoms with E-state index in [2.05, 4.69) is 57.3 Å². The molecule has 0 aromatic heterocycles. The molecule has 0 unspecified atom stereocenters. The molecular formula is C15H23NO. The van der Waals surface area contributed by atoms with Crippen LogP contribution < -0.4 is 5.32 Å². The second kappa shape index (κ2) is 4.34. The summed E-state index contributed by atoms with van der Waals surface area (Å²) in [6.07, 6.45) is 0. The molecule has 1 aliphatic rings. The van der Waals surface area contributed by atoms with Gasteiger partial charge in [-0.1, -0.05) is 45.9 Å². The average molecular weight is 233 g/mol. The first-order valence-electron chi connectivity index (χ1n) is 6.32. The van der Waals surface area contributed by atoms with Gasteiger partial charge in [0.1, 0.15) is 0 Å². The van der Waals surface area contributed by atoms with Gasteiger partial charge in [0, 0.05) is 17.6 Å². The summed E-state index contributed by atoms with van der Waals surface area (Å²) in [5.41, 5.74) is 3.13. The number of anilines is 1. The Bertz CT molecular complexity index is 388. The predicted octanol–water partition coefficient (Wildman–Crippen LogP) is 3.43. The van der Waals surface area contributed by atoms with Crippen LogP contribution in [0, 0.1) is 5.41 Å². The summed E-state index contributed by atoms with van der Waals surface area (Å²) < 4.78 is 5.28. The average Bonchev–Trinajstić information content (AvgIpc) is 2.23. The van der Waals surface area contributed by atoms with Crippen LogP contribution in [-0.4, -0.2) is 19.8 Å². The molecule has 0 atom stereocenters. The Morgan fingerprint density at radius 1 is 1.24 bits per heavy atom. The first-order valence-corrected chi connectivity index (χ1v) is 6.32. The first-order chi connectivity index (χ1) is 7.91. The van der Waals surface area contributed by atoms with Crippen molar-refractivity contribution in [1.82, 2.24) is 0 Å². The SMILES string of the molecule is CC1(CNc2ccccc2C(C)(C)C)COC1. The van der Waals surface area contributed by atoms with Crippen molar-refractivity contribution in [1.29, 1.82) is 0 Å². The van der Waals surface area contributed by atoms with Crippen LogP contribution in [-0.2, 0) is 10.2 Å². The number of benzene rings is 1. The summed E-state index contributed by atoms with van der Waals surface area (Å²) >= 11 is 0. The molecule has 1 heterocycles. The lowest BCUT2D eigenvalue weighted by Gasteiger charge is -2.38. The van der Waals surface area contributed by atoms with Crippen LogP contribution in [0.15, 0.2) is 24.3 Å². The molecule has 0 spiro atoms. The molecule has 0 radical (unpaired) electrons. The molecule has 94 valence electrons. The Hall–Kier alpha value is -1.02. The topological polar surface area (TPSA) is 21.3 Å². The maximum Gasteiger partial charge on any atom is 0.0559 e. The van der Waals surface area contributed by atoms with E-state index >= 15 is 0 Å². The Kier molecular flexibility index (Phi) is 3.17. The number of hydrogen-bond donors (Lipinski definition) is 1. The van der Waals surface area contributed by atoms with Crippen LogP contribution in [0.2, 0.25) is 0 Å². The van der Waals surface area contributed by atoms with E-state index in [1.54, 1.807) is 0 Å². The third-order valence-corrected chi connectivity index (χ3v) is 3.34. The molecule has 0 bridgehead atoms. The van der Waals surface area contributed by atoms with Gasteiger partial charge in [-0.05, 0) is 17.0 Å². The van der Waals surface area contributed by atoms with Gasteiger partial charge in [0.15, 0.2) is 0 Å². The van der Waals surface area contributed by atoms with Crippen molar-refractivity contribution in [2.45, 2.75) is 33.1 Å². The van der Waals surface area contributed by atoms with E-state index in [1.165, 1.54) is 11.3 Å². The fourth-order valence-corrected chi connectivity index (χ4v) is 2.15. The van der Waals surface area contributed by atoms with Crippen LogP contribution in [0.25, 0.3) is 0 Å². The van der Waals surface area contributed by atoms with Crippen molar-refractivity contribution in [2.24, 2.45) is 5.41 Å². The Labute approximate surface area is 104 Å². The molecule has 1 aliphatic heterocycles. The van der Waals surface area contributed by atoms with Crippen LogP contribution in [0.3, 0.4) is 0 Å². The molecule has 2 heteroatoms. The van der Waals surface area contributed by atoms with Crippen molar-refractivity contribution in [2.75, 3.05) is 25.1 Å². The summed E-state index contributed by atoms with van der Waals surface area (Å²) in [4.78, 5) is 0. The maximum absolute atomic E-state index is 5.28. The van der Waals surface area contributed by atoms with E-state index < -0.39 is 0 Å². The Balaban J connectivity index is 2.10. The molecule has 0 aliphatic carbocycles. The Morgan fingerprint density at radius 3 is 2.41 bits per heavy atom. The van der Waals surface area contributed by atoms with Gasteiger partial charge in [-0.15, -0.1) is 0 Å². The summed E-state index contributed by atoms with van der Waals surface area (Å²) in [5, 5.41) is 3.58. The van der Waals surface area contributed by atoms with E-state index in [-0.39, 0.29) is 5.41 Å². The summed E-state index contributed by atoms with van der Waals surface area (Å²) in [6, 6.07) is 8.59. The minimum atomic E-state index is 0.181. The molecule has 1 aromatic rings. The monoisotopic (exact) mass is 233 g/mol. The summed E-state index contributed by atoms with van der Waals surface area (Å²) in [5.74, 6) is 0. The molecule has 2 rings (SSSR count). The fraction of sp³-hybridized carbons (Fsp3) is 0.600. The maximum atomic E-state index is 5.28. The number of ether oxygens (including phenoxy) is 1. The smallest absolute Gasteiger partial charge is 0.0559 e. The molecule has 17 heavy (non-hydrogen) atoms. The zero-order valence-corrected chi connectivity index (χ0v) is 11.3. The van der Waals surface area contributed by atoms with Gasteiger partial charge in [-0.3, -0.25) is 0 Å². The molecule has 0 amide bonds. The number of nitrogens with one attached hydrogen (secondary N) is 1. The van der Waals surface area contributed by atoms with Crippen molar-refractivity contribution in [3.8, 4) is 0 Å². The van der Waals surface area contributed by atoms with Gasteiger partial charge in [-0.25, -0.2) is 0 Å². The van der Waals surface area contributed by atoms with Crippen molar-refractivity contribution < 1.29 is 4.74 Å². The minimum Gasteiger partial charge on any atom is -0.384 e. The van der Waals surface area contributed by atoms with E-state index in [0.717, 1.165) is 19.8 Å². The van der Waals surface area contributed by atoms with Gasteiger partial charge in [-0.2, -0.15) is 0 Å². The van der Waals surface area contributed by atoms with E-state index in [0.29, 0.717) is 5.41 Å². The zero-order chi connectivity index (χ0) is 12.5. The van der Waals surface area contributed by atoms with Crippen molar-refractivity contribution in [3.63, 3.8) is 0 Å². The van der Waals surface area contributed by atoms with Gasteiger partial charge in [0.25, 0.3) is 0 Å². The van der Waals surface area contributed by atoms with Gasteiger partial charge in [0.05, 0.1) is 13.2 Å². The number of para-hydroxylation sites is 1. The summed E-state index contributed by atoms with van der Waals surface area (Å²) in [6.45, 7) is 11.8. The standard InChI is InChI=1S/C15H23NO/c1-14(2,3)12-7-5-6-8-13(12)16-9-15(4)10-17-11-15/h5-8,16H,9-11H2,1-4H3. The minimum absolute atomic E-state index is 0.181. The van der Waals surface area contributed by atoms with E-state index in [1.807, 2.05) is 0 Å². The number of hydrogen-bond acceptors (Lipinski definition) is 2. The fourth-order valence-electron chi connectivity index (χ4n) is 2.15. The van der Waals surface area contributed by atoms with Crippen LogP contribution in [0.4, 0.5) is 5.69 Å². The van der Waals surface area contributed by atoms with Crippen LogP contribution in [0.1, 0.15) is 33.3 Å². The third-order valence-electron chi connectivity index (χ3n) is 3.34. The van der Waals surface area contributed by atoms with Crippen LogP contribution >= 0.6 is 0 Å². The number of rotatable bonds is 3. The Morgan fingerprint density at radius 2 is 1.88 bits per heavy atom. The molecule has 1 saturated heterocycles. The summed E-state index contributed by atoms with van der Waals surface area (Å²) in [7, 11) is 0. The molecular weight excluding hydrogens is 210 g/mol. The lowest BCUT2D eigenvalue weighted by molar-refractivity contribution is -0.0924. The molecule has 1 aromatic carbocycles. The largest absolute Gasteiger partial charge is 0.384 e. The second-order valence-electron chi connectivity index (χ2n) is 6.45. The van der Waals surface area contributed by atoms with Crippen molar-refractivity contribution in [3.05, 3.63) is 29.8 Å². The van der Waals surface area contributed by atoms with E-state index in [4.69, 9.17) is 4.74 Å². The highest BCUT2D eigenvalue weighted by Crippen LogP contribution is 2.31. The highest BCUT2D eigenvalue weighted by Gasteiger charge is 2.33. The molecule has 0 saturated carbocycles. The van der Waals surface area contributed by atoms with Crippen molar-refractivity contribution >= 4 is 5.69 Å². The normalized spacial score (nSPS) is 18.6. The lowest BCUT2D eigenvalue weighted by atomic mass is 9.85. The second-order valence-corrected chi connectivity index (χ2v) is 6.45. The molecule has 1 fully saturated rings. The first kappa shape index (κ1) is 12.4. The third kappa shape index (κ3) is 2.81. The molecule has 1 N–H and O–H groups in total. The van der Waals surface area contributed by atoms with Gasteiger partial charge in [0.2, 0.25) is 0 Å². The van der Waals surface area contributed by atoms with E-state index in [9.17, 15) is 0 Å². The predicted molar refractivity (Wildman–Crippen MR) is 72.6 cm³/mol. The van der Waals surface area contributed by atoms with Crippen LogP contribution in [0.5, 0.6) is 0 Å². The van der Waals surface area contributed by atoms with Gasteiger partial charge >= 0.3 is 0 Å². The van der Waals surface area contributed by atoms with Gasteiger partial charge < -0.3 is 10.1 Å². The quantitative estimate of drug-likeness (QED) is 0.863. The lowest BCUT2D eigenvalue weighted by Crippen LogP contribution is -2.45. The highest BCUT2D eigenvalue weighted by molar-refractivity contribution is 5.54. The molecule has 2 nitrogen and oxygen atoms in total. The zero-order valence-electron chi connectivity index (χ0n) is 11.3.